The van der Waals surface area contributed by atoms with Crippen LogP contribution in [0.15, 0.2) is 46.9 Å². The Morgan fingerprint density at radius 3 is 2.75 bits per heavy atom. The van der Waals surface area contributed by atoms with Gasteiger partial charge in [-0.2, -0.15) is 0 Å². The summed E-state index contributed by atoms with van der Waals surface area (Å²) in [6.07, 6.45) is 0.884. The molecule has 1 heterocycles. The molecule has 0 amide bonds. The minimum atomic E-state index is 0.655. The molecule has 0 bridgehead atoms. The molecule has 1 aromatic heterocycles. The predicted molar refractivity (Wildman–Crippen MR) is 85.8 cm³/mol. The van der Waals surface area contributed by atoms with Crippen molar-refractivity contribution in [3.05, 3.63) is 58.1 Å². The number of hydrogen-bond acceptors (Lipinski definition) is 2. The first-order valence-corrected chi connectivity index (χ1v) is 7.07. The Hall–Kier alpha value is -2.07. The van der Waals surface area contributed by atoms with E-state index in [4.69, 9.17) is 0 Å². The second-order valence-corrected chi connectivity index (χ2v) is 5.58. The third-order valence-corrected chi connectivity index (χ3v) is 3.81. The maximum atomic E-state index is 11.4. The average molecular weight is 329 g/mol. The van der Waals surface area contributed by atoms with Crippen LogP contribution >= 0.6 is 15.9 Å². The zero-order valence-corrected chi connectivity index (χ0v) is 12.5. The van der Waals surface area contributed by atoms with Crippen LogP contribution in [0, 0.1) is 6.92 Å². The molecule has 2 N–H and O–H groups in total. The fraction of sp³-hybridized carbons (Fsp3) is 0.0625. The first-order chi connectivity index (χ1) is 9.69. The lowest BCUT2D eigenvalue weighted by Gasteiger charge is -2.09. The second-order valence-electron chi connectivity index (χ2n) is 4.66. The van der Waals surface area contributed by atoms with E-state index < -0.39 is 0 Å². The number of anilines is 2. The van der Waals surface area contributed by atoms with Crippen molar-refractivity contribution >= 4 is 44.6 Å². The normalized spacial score (nSPS) is 10.7. The third kappa shape index (κ3) is 2.23. The summed E-state index contributed by atoms with van der Waals surface area (Å²) < 4.78 is 1.04. The molecule has 2 aromatic carbocycles. The summed E-state index contributed by atoms with van der Waals surface area (Å²) in [5, 5.41) is 4.23. The van der Waals surface area contributed by atoms with Gasteiger partial charge in [0.15, 0.2) is 6.29 Å². The number of para-hydroxylation sites is 1. The third-order valence-electron chi connectivity index (χ3n) is 3.31. The van der Waals surface area contributed by atoms with Crippen LogP contribution in [0.4, 0.5) is 11.5 Å². The number of aldehydes is 1. The molecule has 0 spiro atoms. The van der Waals surface area contributed by atoms with E-state index in [1.165, 1.54) is 0 Å². The van der Waals surface area contributed by atoms with Gasteiger partial charge in [-0.15, -0.1) is 0 Å². The van der Waals surface area contributed by atoms with Crippen molar-refractivity contribution in [2.24, 2.45) is 0 Å². The lowest BCUT2D eigenvalue weighted by Crippen LogP contribution is -1.96. The molecule has 0 aliphatic carbocycles. The van der Waals surface area contributed by atoms with Gasteiger partial charge >= 0.3 is 0 Å². The molecule has 0 atom stereocenters. The molecule has 0 aliphatic rings. The van der Waals surface area contributed by atoms with Gasteiger partial charge in [-0.05, 0) is 36.8 Å². The number of carbonyl (C=O) groups is 1. The summed E-state index contributed by atoms with van der Waals surface area (Å²) >= 11 is 3.45. The van der Waals surface area contributed by atoms with Crippen molar-refractivity contribution < 1.29 is 4.79 Å². The first kappa shape index (κ1) is 12.9. The highest BCUT2D eigenvalue weighted by Crippen LogP contribution is 2.29. The molecule has 0 radical (unpaired) electrons. The quantitative estimate of drug-likeness (QED) is 0.678. The molecular formula is C16H13BrN2O. The van der Waals surface area contributed by atoms with Crippen LogP contribution in [0.3, 0.4) is 0 Å². The van der Waals surface area contributed by atoms with Gasteiger partial charge in [-0.1, -0.05) is 34.1 Å². The minimum Gasteiger partial charge on any atom is -0.341 e. The number of benzene rings is 2. The molecule has 0 aliphatic heterocycles. The number of aryl methyl sites for hydroxylation is 1. The maximum absolute atomic E-state index is 11.4. The first-order valence-electron chi connectivity index (χ1n) is 6.28. The van der Waals surface area contributed by atoms with E-state index in [2.05, 4.69) is 26.2 Å². The van der Waals surface area contributed by atoms with E-state index in [0.717, 1.165) is 38.7 Å². The van der Waals surface area contributed by atoms with Crippen LogP contribution < -0.4 is 5.32 Å². The van der Waals surface area contributed by atoms with Gasteiger partial charge in [0.05, 0.1) is 5.56 Å². The van der Waals surface area contributed by atoms with E-state index in [1.807, 2.05) is 49.4 Å². The van der Waals surface area contributed by atoms with Crippen molar-refractivity contribution in [2.45, 2.75) is 6.92 Å². The predicted octanol–water partition coefficient (Wildman–Crippen LogP) is 4.79. The Morgan fingerprint density at radius 2 is 2.00 bits per heavy atom. The molecule has 0 unspecified atom stereocenters. The van der Waals surface area contributed by atoms with Gasteiger partial charge in [-0.3, -0.25) is 4.79 Å². The topological polar surface area (TPSA) is 44.9 Å². The van der Waals surface area contributed by atoms with Gasteiger partial charge in [0.25, 0.3) is 0 Å². The number of H-pyrrole nitrogens is 1. The molecule has 3 nitrogen and oxygen atoms in total. The summed E-state index contributed by atoms with van der Waals surface area (Å²) in [5.74, 6) is 0.728. The molecule has 100 valence electrons. The van der Waals surface area contributed by atoms with Gasteiger partial charge in [0.2, 0.25) is 0 Å². The van der Waals surface area contributed by atoms with Crippen LogP contribution in [-0.4, -0.2) is 11.3 Å². The van der Waals surface area contributed by atoms with Gasteiger partial charge < -0.3 is 10.3 Å². The molecule has 0 saturated heterocycles. The highest BCUT2D eigenvalue weighted by atomic mass is 79.9. The van der Waals surface area contributed by atoms with Crippen LogP contribution in [0.5, 0.6) is 0 Å². The number of nitrogens with one attached hydrogen (secondary N) is 2. The average Bonchev–Trinajstić information content (AvgIpc) is 2.79. The highest BCUT2D eigenvalue weighted by Gasteiger charge is 2.11. The van der Waals surface area contributed by atoms with Crippen molar-refractivity contribution in [3.63, 3.8) is 0 Å². The fourth-order valence-corrected chi connectivity index (χ4v) is 2.76. The smallest absolute Gasteiger partial charge is 0.154 e. The van der Waals surface area contributed by atoms with Crippen LogP contribution in [-0.2, 0) is 0 Å². The Bertz CT molecular complexity index is 792. The van der Waals surface area contributed by atoms with E-state index in [9.17, 15) is 4.79 Å². The summed E-state index contributed by atoms with van der Waals surface area (Å²) in [4.78, 5) is 14.6. The Kier molecular flexibility index (Phi) is 3.32. The number of carbonyl (C=O) groups excluding carboxylic acids is 1. The zero-order chi connectivity index (χ0) is 14.1. The van der Waals surface area contributed by atoms with E-state index in [1.54, 1.807) is 0 Å². The number of aromatic amines is 1. The molecule has 4 heteroatoms. The van der Waals surface area contributed by atoms with Crippen molar-refractivity contribution in [3.8, 4) is 0 Å². The number of aromatic nitrogens is 1. The van der Waals surface area contributed by atoms with Gasteiger partial charge in [0, 0.05) is 21.1 Å². The van der Waals surface area contributed by atoms with Crippen molar-refractivity contribution in [2.75, 3.05) is 5.32 Å². The lowest BCUT2D eigenvalue weighted by molar-refractivity contribution is 0.112. The number of rotatable bonds is 3. The Balaban J connectivity index is 2.08. The standard InChI is InChI=1S/C16H13BrN2O/c1-10-8-11(17)6-7-14(10)18-16-13(9-20)12-4-2-3-5-15(12)19-16/h2-9,18-19H,1H3. The molecule has 3 rings (SSSR count). The maximum Gasteiger partial charge on any atom is 0.154 e. The van der Waals surface area contributed by atoms with Gasteiger partial charge in [-0.25, -0.2) is 0 Å². The molecule has 3 aromatic rings. The molecule has 0 saturated carbocycles. The number of hydrogen-bond donors (Lipinski definition) is 2. The number of halogens is 1. The summed E-state index contributed by atoms with van der Waals surface area (Å²) in [6, 6.07) is 13.8. The van der Waals surface area contributed by atoms with Crippen molar-refractivity contribution in [1.82, 2.24) is 4.98 Å². The minimum absolute atomic E-state index is 0.655. The van der Waals surface area contributed by atoms with E-state index >= 15 is 0 Å². The zero-order valence-electron chi connectivity index (χ0n) is 10.9. The molecular weight excluding hydrogens is 316 g/mol. The molecule has 20 heavy (non-hydrogen) atoms. The Morgan fingerprint density at radius 1 is 1.20 bits per heavy atom. The second kappa shape index (κ2) is 5.13. The monoisotopic (exact) mass is 328 g/mol. The largest absolute Gasteiger partial charge is 0.341 e. The number of fused-ring (bicyclic) bond motifs is 1. The summed E-state index contributed by atoms with van der Waals surface area (Å²) in [5.41, 5.74) is 3.69. The van der Waals surface area contributed by atoms with E-state index in [-0.39, 0.29) is 0 Å². The summed E-state index contributed by atoms with van der Waals surface area (Å²) in [6.45, 7) is 2.02. The van der Waals surface area contributed by atoms with Crippen molar-refractivity contribution in [1.29, 1.82) is 0 Å². The summed E-state index contributed by atoms with van der Waals surface area (Å²) in [7, 11) is 0. The fourth-order valence-electron chi connectivity index (χ4n) is 2.29. The van der Waals surface area contributed by atoms with Crippen LogP contribution in [0.25, 0.3) is 10.9 Å². The van der Waals surface area contributed by atoms with Crippen LogP contribution in [0.2, 0.25) is 0 Å². The SMILES string of the molecule is Cc1cc(Br)ccc1Nc1[nH]c2ccccc2c1C=O. The lowest BCUT2D eigenvalue weighted by atomic mass is 10.1. The van der Waals surface area contributed by atoms with Crippen LogP contribution in [0.1, 0.15) is 15.9 Å². The Labute approximate surface area is 125 Å². The highest BCUT2D eigenvalue weighted by molar-refractivity contribution is 9.10. The molecule has 0 fully saturated rings. The van der Waals surface area contributed by atoms with E-state index in [0.29, 0.717) is 5.56 Å². The van der Waals surface area contributed by atoms with Gasteiger partial charge in [0.1, 0.15) is 5.82 Å².